The molecule has 0 spiro atoms. The van der Waals surface area contributed by atoms with Gasteiger partial charge in [-0.1, -0.05) is 18.2 Å². The maximum atomic E-state index is 12.6. The minimum atomic E-state index is -0.224. The number of ether oxygens (including phenoxy) is 1. The lowest BCUT2D eigenvalue weighted by atomic mass is 9.71. The lowest BCUT2D eigenvalue weighted by molar-refractivity contribution is -0.130. The van der Waals surface area contributed by atoms with Crippen LogP contribution in [-0.4, -0.2) is 51.8 Å². The molecule has 6 rings (SSSR count). The highest BCUT2D eigenvalue weighted by molar-refractivity contribution is 6.04. The fourth-order valence-electron chi connectivity index (χ4n) is 5.06. The number of carbonyl (C=O) groups excluding carboxylic acids is 1. The van der Waals surface area contributed by atoms with Crippen molar-refractivity contribution in [2.24, 2.45) is 5.92 Å². The van der Waals surface area contributed by atoms with E-state index in [1.807, 2.05) is 24.3 Å². The van der Waals surface area contributed by atoms with Crippen molar-refractivity contribution in [2.45, 2.75) is 50.0 Å². The van der Waals surface area contributed by atoms with E-state index in [-0.39, 0.29) is 18.2 Å². The van der Waals surface area contributed by atoms with Crippen LogP contribution in [0.2, 0.25) is 0 Å². The Kier molecular flexibility index (Phi) is 3.22. The quantitative estimate of drug-likeness (QED) is 0.831. The van der Waals surface area contributed by atoms with E-state index in [0.29, 0.717) is 23.6 Å². The number of aliphatic hydroxyl groups excluding tert-OH is 1. The number of piperidine rings is 4. The standard InChI is InChI=1S/C19H22N2O3/c22-18-10-21-12-5-11(18)6-13(21)8-14(7-12)24-19(23)16-9-20-17-4-2-1-3-15(16)17/h1-4,9,11-14,18,20,22H,5-8,10H2/t11?,12-,13-,14?,18?/m0/s1. The van der Waals surface area contributed by atoms with Crippen molar-refractivity contribution in [1.82, 2.24) is 9.88 Å². The molecule has 1 aromatic heterocycles. The van der Waals surface area contributed by atoms with Gasteiger partial charge in [-0.2, -0.15) is 0 Å². The molecule has 126 valence electrons. The van der Waals surface area contributed by atoms with Gasteiger partial charge in [-0.15, -0.1) is 0 Å². The average molecular weight is 326 g/mol. The summed E-state index contributed by atoms with van der Waals surface area (Å²) >= 11 is 0. The second-order valence-corrected chi connectivity index (χ2v) is 7.55. The molecule has 0 radical (unpaired) electrons. The molecule has 4 aliphatic heterocycles. The zero-order valence-electron chi connectivity index (χ0n) is 13.5. The number of benzene rings is 1. The highest BCUT2D eigenvalue weighted by atomic mass is 16.5. The van der Waals surface area contributed by atoms with Crippen molar-refractivity contribution in [3.8, 4) is 0 Å². The molecule has 1 unspecified atom stereocenters. The molecule has 4 fully saturated rings. The van der Waals surface area contributed by atoms with Crippen molar-refractivity contribution < 1.29 is 14.6 Å². The summed E-state index contributed by atoms with van der Waals surface area (Å²) in [6, 6.07) is 8.73. The van der Waals surface area contributed by atoms with Crippen LogP contribution < -0.4 is 0 Å². The van der Waals surface area contributed by atoms with Gasteiger partial charge in [-0.05, 0) is 24.8 Å². The molecule has 4 saturated heterocycles. The number of hydrogen-bond acceptors (Lipinski definition) is 4. The monoisotopic (exact) mass is 326 g/mol. The number of esters is 1. The van der Waals surface area contributed by atoms with Crippen molar-refractivity contribution in [3.05, 3.63) is 36.0 Å². The highest BCUT2D eigenvalue weighted by Gasteiger charge is 2.49. The molecule has 0 saturated carbocycles. The zero-order chi connectivity index (χ0) is 16.3. The SMILES string of the molecule is O=C(OC1C[C@@H]2CC3C[C@@H](C1)N2CC3O)c1c[nH]c2ccccc12. The predicted molar refractivity (Wildman–Crippen MR) is 89.7 cm³/mol. The third kappa shape index (κ3) is 2.19. The topological polar surface area (TPSA) is 65.6 Å². The Bertz CT molecular complexity index is 770. The Labute approximate surface area is 140 Å². The summed E-state index contributed by atoms with van der Waals surface area (Å²) in [4.78, 5) is 18.2. The molecule has 4 aliphatic rings. The molecule has 3 atom stereocenters. The highest BCUT2D eigenvalue weighted by Crippen LogP contribution is 2.43. The van der Waals surface area contributed by atoms with Gasteiger partial charge in [-0.25, -0.2) is 4.79 Å². The number of nitrogens with zero attached hydrogens (tertiary/aromatic N) is 1. The van der Waals surface area contributed by atoms with Crippen LogP contribution in [0.3, 0.4) is 0 Å². The molecule has 5 nitrogen and oxygen atoms in total. The van der Waals surface area contributed by atoms with Gasteiger partial charge < -0.3 is 14.8 Å². The summed E-state index contributed by atoms with van der Waals surface area (Å²) in [5.41, 5.74) is 1.58. The minimum Gasteiger partial charge on any atom is -0.459 e. The first-order valence-electron chi connectivity index (χ1n) is 8.90. The second kappa shape index (κ2) is 5.33. The number of H-pyrrole nitrogens is 1. The van der Waals surface area contributed by atoms with E-state index in [9.17, 15) is 9.90 Å². The first kappa shape index (κ1) is 14.5. The Hall–Kier alpha value is -1.85. The van der Waals surface area contributed by atoms with Gasteiger partial charge in [0, 0.05) is 48.6 Å². The van der Waals surface area contributed by atoms with E-state index in [1.165, 1.54) is 0 Å². The van der Waals surface area contributed by atoms with E-state index in [0.717, 1.165) is 43.1 Å². The number of carbonyl (C=O) groups is 1. The van der Waals surface area contributed by atoms with Crippen molar-refractivity contribution in [1.29, 1.82) is 0 Å². The molecule has 5 heterocycles. The first-order chi connectivity index (χ1) is 11.7. The van der Waals surface area contributed by atoms with Gasteiger partial charge in [-0.3, -0.25) is 4.90 Å². The molecular formula is C19H22N2O3. The van der Waals surface area contributed by atoms with Crippen LogP contribution in [0.4, 0.5) is 0 Å². The molecule has 2 aromatic rings. The van der Waals surface area contributed by atoms with Gasteiger partial charge in [0.05, 0.1) is 11.7 Å². The van der Waals surface area contributed by atoms with Crippen LogP contribution in [0.15, 0.2) is 30.5 Å². The smallest absolute Gasteiger partial charge is 0.340 e. The van der Waals surface area contributed by atoms with Crippen molar-refractivity contribution in [3.63, 3.8) is 0 Å². The Morgan fingerprint density at radius 2 is 1.92 bits per heavy atom. The van der Waals surface area contributed by atoms with Crippen LogP contribution in [0.5, 0.6) is 0 Å². The lowest BCUT2D eigenvalue weighted by Crippen LogP contribution is -2.64. The number of hydrogen-bond donors (Lipinski definition) is 2. The molecule has 5 heteroatoms. The Morgan fingerprint density at radius 1 is 1.17 bits per heavy atom. The van der Waals surface area contributed by atoms with Crippen molar-refractivity contribution >= 4 is 16.9 Å². The van der Waals surface area contributed by atoms with Gasteiger partial charge in [0.15, 0.2) is 0 Å². The number of para-hydroxylation sites is 1. The third-order valence-electron chi connectivity index (χ3n) is 6.18. The van der Waals surface area contributed by atoms with E-state index < -0.39 is 0 Å². The zero-order valence-corrected chi connectivity index (χ0v) is 13.5. The maximum Gasteiger partial charge on any atom is 0.340 e. The Balaban J connectivity index is 1.32. The molecule has 2 N–H and O–H groups in total. The summed E-state index contributed by atoms with van der Waals surface area (Å²) in [5, 5.41) is 11.0. The van der Waals surface area contributed by atoms with E-state index in [2.05, 4.69) is 9.88 Å². The second-order valence-electron chi connectivity index (χ2n) is 7.55. The summed E-state index contributed by atoms with van der Waals surface area (Å²) in [6.07, 6.45) is 5.45. The van der Waals surface area contributed by atoms with Crippen LogP contribution in [0.25, 0.3) is 10.9 Å². The summed E-state index contributed by atoms with van der Waals surface area (Å²) in [5.74, 6) is 0.216. The number of aromatic nitrogens is 1. The van der Waals surface area contributed by atoms with Gasteiger partial charge in [0.25, 0.3) is 0 Å². The van der Waals surface area contributed by atoms with Crippen LogP contribution in [0, 0.1) is 5.92 Å². The van der Waals surface area contributed by atoms with Gasteiger partial charge in [0.1, 0.15) is 6.10 Å². The molecular weight excluding hydrogens is 304 g/mol. The molecule has 0 amide bonds. The lowest BCUT2D eigenvalue weighted by Gasteiger charge is -2.56. The summed E-state index contributed by atoms with van der Waals surface area (Å²) < 4.78 is 5.87. The molecule has 4 bridgehead atoms. The fraction of sp³-hybridized carbons (Fsp3) is 0.526. The van der Waals surface area contributed by atoms with E-state index in [4.69, 9.17) is 4.74 Å². The van der Waals surface area contributed by atoms with Crippen LogP contribution >= 0.6 is 0 Å². The average Bonchev–Trinajstić information content (AvgIpc) is 2.99. The molecule has 1 aromatic carbocycles. The predicted octanol–water partition coefficient (Wildman–Crippen LogP) is 2.31. The van der Waals surface area contributed by atoms with Gasteiger partial charge in [0.2, 0.25) is 0 Å². The summed E-state index contributed by atoms with van der Waals surface area (Å²) in [7, 11) is 0. The van der Waals surface area contributed by atoms with E-state index in [1.54, 1.807) is 6.20 Å². The van der Waals surface area contributed by atoms with Crippen molar-refractivity contribution in [2.75, 3.05) is 6.54 Å². The van der Waals surface area contributed by atoms with Crippen LogP contribution in [-0.2, 0) is 4.74 Å². The normalized spacial score (nSPS) is 37.5. The molecule has 0 aliphatic carbocycles. The summed E-state index contributed by atoms with van der Waals surface area (Å²) in [6.45, 7) is 0.795. The Morgan fingerprint density at radius 3 is 2.67 bits per heavy atom. The number of nitrogens with one attached hydrogen (secondary N) is 1. The number of aliphatic hydroxyl groups is 1. The number of aromatic amines is 1. The third-order valence-corrected chi connectivity index (χ3v) is 6.18. The van der Waals surface area contributed by atoms with Gasteiger partial charge >= 0.3 is 5.97 Å². The number of fused-ring (bicyclic) bond motifs is 2. The minimum absolute atomic E-state index is 0.00592. The van der Waals surface area contributed by atoms with E-state index >= 15 is 0 Å². The first-order valence-corrected chi connectivity index (χ1v) is 8.90. The fourth-order valence-corrected chi connectivity index (χ4v) is 5.06. The molecule has 24 heavy (non-hydrogen) atoms. The van der Waals surface area contributed by atoms with Crippen LogP contribution in [0.1, 0.15) is 36.0 Å². The number of rotatable bonds is 2. The largest absolute Gasteiger partial charge is 0.459 e. The maximum absolute atomic E-state index is 12.6.